The van der Waals surface area contributed by atoms with E-state index in [1.807, 2.05) is 29.2 Å². The third kappa shape index (κ3) is 2.59. The van der Waals surface area contributed by atoms with E-state index in [0.717, 1.165) is 48.5 Å². The summed E-state index contributed by atoms with van der Waals surface area (Å²) in [6.45, 7) is 2.35. The van der Waals surface area contributed by atoms with Crippen LogP contribution in [-0.2, 0) is 6.42 Å². The van der Waals surface area contributed by atoms with Gasteiger partial charge < -0.3 is 9.64 Å². The number of likely N-dealkylation sites (tertiary alicyclic amines) is 1. The number of hydrogen-bond acceptors (Lipinski definition) is 4. The molecule has 5 heteroatoms. The molecule has 2 aliphatic rings. The van der Waals surface area contributed by atoms with E-state index in [0.29, 0.717) is 10.9 Å². The van der Waals surface area contributed by atoms with Gasteiger partial charge in [0.05, 0.1) is 16.8 Å². The monoisotopic (exact) mass is 350 g/mol. The Bertz CT molecular complexity index is 932. The zero-order valence-electron chi connectivity index (χ0n) is 13.8. The van der Waals surface area contributed by atoms with Crippen LogP contribution in [-0.4, -0.2) is 35.5 Å². The van der Waals surface area contributed by atoms with Gasteiger partial charge in [0, 0.05) is 25.4 Å². The molecule has 0 bridgehead atoms. The zero-order chi connectivity index (χ0) is 16.8. The van der Waals surface area contributed by atoms with Crippen molar-refractivity contribution in [3.63, 3.8) is 0 Å². The SMILES string of the molecule is O=C(c1nc2ccccc2s1)N1CC[C@@H](c2ccc3c(c2)CCO3)C1. The van der Waals surface area contributed by atoms with Gasteiger partial charge in [-0.3, -0.25) is 4.79 Å². The Kier molecular flexibility index (Phi) is 3.48. The maximum absolute atomic E-state index is 12.8. The van der Waals surface area contributed by atoms with Gasteiger partial charge in [-0.15, -0.1) is 11.3 Å². The largest absolute Gasteiger partial charge is 0.493 e. The molecule has 0 saturated carbocycles. The summed E-state index contributed by atoms with van der Waals surface area (Å²) in [6, 6.07) is 14.4. The highest BCUT2D eigenvalue weighted by molar-refractivity contribution is 7.20. The zero-order valence-corrected chi connectivity index (χ0v) is 14.6. The molecule has 2 aliphatic heterocycles. The van der Waals surface area contributed by atoms with Crippen molar-refractivity contribution < 1.29 is 9.53 Å². The highest BCUT2D eigenvalue weighted by Crippen LogP contribution is 2.34. The average Bonchev–Trinajstić information content (AvgIpc) is 3.38. The van der Waals surface area contributed by atoms with Crippen molar-refractivity contribution in [3.8, 4) is 5.75 Å². The summed E-state index contributed by atoms with van der Waals surface area (Å²) in [6.07, 6.45) is 2.00. The van der Waals surface area contributed by atoms with E-state index in [2.05, 4.69) is 23.2 Å². The van der Waals surface area contributed by atoms with Crippen LogP contribution in [0.1, 0.15) is 33.3 Å². The first-order valence-electron chi connectivity index (χ1n) is 8.68. The molecule has 0 radical (unpaired) electrons. The Labute approximate surface area is 150 Å². The second-order valence-electron chi connectivity index (χ2n) is 6.69. The van der Waals surface area contributed by atoms with Gasteiger partial charge >= 0.3 is 0 Å². The maximum Gasteiger partial charge on any atom is 0.282 e. The molecule has 0 unspecified atom stereocenters. The van der Waals surface area contributed by atoms with Gasteiger partial charge in [-0.05, 0) is 35.7 Å². The predicted octanol–water partition coefficient (Wildman–Crippen LogP) is 3.86. The standard InChI is InChI=1S/C20H18N2O2S/c23-20(19-21-16-3-1-2-4-18(16)25-19)22-9-7-15(12-22)13-5-6-17-14(11-13)8-10-24-17/h1-6,11,15H,7-10,12H2/t15-/m1/s1. The third-order valence-electron chi connectivity index (χ3n) is 5.14. The summed E-state index contributed by atoms with van der Waals surface area (Å²) in [5.41, 5.74) is 3.53. The van der Waals surface area contributed by atoms with Crippen LogP contribution in [0.4, 0.5) is 0 Å². The van der Waals surface area contributed by atoms with Crippen molar-refractivity contribution in [3.05, 3.63) is 58.6 Å². The fourth-order valence-corrected chi connectivity index (χ4v) is 4.71. The molecule has 3 heterocycles. The Morgan fingerprint density at radius 3 is 3.08 bits per heavy atom. The van der Waals surface area contributed by atoms with Gasteiger partial charge in [0.15, 0.2) is 5.01 Å². The first-order valence-corrected chi connectivity index (χ1v) is 9.50. The summed E-state index contributed by atoms with van der Waals surface area (Å²) >= 11 is 1.49. The summed E-state index contributed by atoms with van der Waals surface area (Å²) in [7, 11) is 0. The molecule has 126 valence electrons. The van der Waals surface area contributed by atoms with Crippen LogP contribution < -0.4 is 4.74 Å². The van der Waals surface area contributed by atoms with Crippen molar-refractivity contribution in [1.82, 2.24) is 9.88 Å². The molecule has 0 N–H and O–H groups in total. The Balaban J connectivity index is 1.35. The maximum atomic E-state index is 12.8. The Hall–Kier alpha value is -2.40. The minimum absolute atomic E-state index is 0.0631. The quantitative estimate of drug-likeness (QED) is 0.705. The van der Waals surface area contributed by atoms with Crippen LogP contribution in [0.25, 0.3) is 10.2 Å². The minimum Gasteiger partial charge on any atom is -0.493 e. The molecule has 1 amide bonds. The molecule has 4 nitrogen and oxygen atoms in total. The van der Waals surface area contributed by atoms with E-state index in [1.54, 1.807) is 0 Å². The average molecular weight is 350 g/mol. The topological polar surface area (TPSA) is 42.4 Å². The van der Waals surface area contributed by atoms with Gasteiger partial charge in [0.1, 0.15) is 5.75 Å². The molecule has 3 aromatic rings. The summed E-state index contributed by atoms with van der Waals surface area (Å²) in [5.74, 6) is 1.49. The van der Waals surface area contributed by atoms with Crippen LogP contribution in [0.15, 0.2) is 42.5 Å². The number of ether oxygens (including phenoxy) is 1. The van der Waals surface area contributed by atoms with Crippen LogP contribution in [0.3, 0.4) is 0 Å². The lowest BCUT2D eigenvalue weighted by Crippen LogP contribution is -2.28. The van der Waals surface area contributed by atoms with Crippen LogP contribution >= 0.6 is 11.3 Å². The van der Waals surface area contributed by atoms with E-state index in [4.69, 9.17) is 4.74 Å². The first kappa shape index (κ1) is 14.9. The van der Waals surface area contributed by atoms with Gasteiger partial charge in [-0.2, -0.15) is 0 Å². The number of aromatic nitrogens is 1. The molecule has 0 aliphatic carbocycles. The molecule has 1 atom stereocenters. The molecule has 25 heavy (non-hydrogen) atoms. The van der Waals surface area contributed by atoms with Crippen LogP contribution in [0.5, 0.6) is 5.75 Å². The number of carbonyl (C=O) groups is 1. The molecule has 2 aromatic carbocycles. The lowest BCUT2D eigenvalue weighted by molar-refractivity contribution is 0.0790. The minimum atomic E-state index is 0.0631. The van der Waals surface area contributed by atoms with E-state index in [9.17, 15) is 4.79 Å². The fraction of sp³-hybridized carbons (Fsp3) is 0.300. The van der Waals surface area contributed by atoms with E-state index < -0.39 is 0 Å². The van der Waals surface area contributed by atoms with Gasteiger partial charge in [0.25, 0.3) is 5.91 Å². The van der Waals surface area contributed by atoms with Crippen LogP contribution in [0, 0.1) is 0 Å². The van der Waals surface area contributed by atoms with Crippen molar-refractivity contribution in [1.29, 1.82) is 0 Å². The summed E-state index contributed by atoms with van der Waals surface area (Å²) in [5, 5.41) is 0.601. The van der Waals surface area contributed by atoms with Gasteiger partial charge in [-0.1, -0.05) is 24.3 Å². The molecule has 5 rings (SSSR count). The number of fused-ring (bicyclic) bond motifs is 2. The lowest BCUT2D eigenvalue weighted by Gasteiger charge is -2.15. The molecular formula is C20H18N2O2S. The predicted molar refractivity (Wildman–Crippen MR) is 98.5 cm³/mol. The van der Waals surface area contributed by atoms with Crippen molar-refractivity contribution in [2.45, 2.75) is 18.8 Å². The molecule has 1 saturated heterocycles. The van der Waals surface area contributed by atoms with Crippen molar-refractivity contribution >= 4 is 27.5 Å². The number of rotatable bonds is 2. The third-order valence-corrected chi connectivity index (χ3v) is 6.16. The number of nitrogens with zero attached hydrogens (tertiary/aromatic N) is 2. The normalized spacial score (nSPS) is 19.2. The second kappa shape index (κ2) is 5.85. The van der Waals surface area contributed by atoms with E-state index in [1.165, 1.54) is 22.5 Å². The molecule has 1 fully saturated rings. The molecule has 0 spiro atoms. The number of amides is 1. The van der Waals surface area contributed by atoms with E-state index >= 15 is 0 Å². The first-order chi connectivity index (χ1) is 12.3. The number of benzene rings is 2. The number of hydrogen-bond donors (Lipinski definition) is 0. The highest BCUT2D eigenvalue weighted by atomic mass is 32.1. The van der Waals surface area contributed by atoms with Crippen LogP contribution in [0.2, 0.25) is 0 Å². The van der Waals surface area contributed by atoms with Crippen molar-refractivity contribution in [2.24, 2.45) is 0 Å². The van der Waals surface area contributed by atoms with Gasteiger partial charge in [0.2, 0.25) is 0 Å². The molecule has 1 aromatic heterocycles. The fourth-order valence-electron chi connectivity index (χ4n) is 3.78. The highest BCUT2D eigenvalue weighted by Gasteiger charge is 2.30. The lowest BCUT2D eigenvalue weighted by atomic mass is 9.96. The summed E-state index contributed by atoms with van der Waals surface area (Å²) in [4.78, 5) is 19.3. The Morgan fingerprint density at radius 1 is 1.24 bits per heavy atom. The van der Waals surface area contributed by atoms with Gasteiger partial charge in [-0.25, -0.2) is 4.98 Å². The van der Waals surface area contributed by atoms with E-state index in [-0.39, 0.29) is 5.91 Å². The number of carbonyl (C=O) groups excluding carboxylic acids is 1. The summed E-state index contributed by atoms with van der Waals surface area (Å²) < 4.78 is 6.66. The number of para-hydroxylation sites is 1. The number of thiazole rings is 1. The smallest absolute Gasteiger partial charge is 0.282 e. The Morgan fingerprint density at radius 2 is 2.16 bits per heavy atom. The molecular weight excluding hydrogens is 332 g/mol. The second-order valence-corrected chi connectivity index (χ2v) is 7.72. The van der Waals surface area contributed by atoms with Crippen molar-refractivity contribution in [2.75, 3.05) is 19.7 Å².